The summed E-state index contributed by atoms with van der Waals surface area (Å²) in [6, 6.07) is 7.35. The number of amides is 1. The van der Waals surface area contributed by atoms with Crippen molar-refractivity contribution in [3.05, 3.63) is 29.8 Å². The van der Waals surface area contributed by atoms with Crippen LogP contribution in [0.2, 0.25) is 0 Å². The zero-order valence-electron chi connectivity index (χ0n) is 11.7. The van der Waals surface area contributed by atoms with Gasteiger partial charge in [-0.3, -0.25) is 9.69 Å². The number of carbonyl (C=O) groups excluding carboxylic acids is 1. The number of piperazine rings is 1. The Labute approximate surface area is 114 Å². The zero-order chi connectivity index (χ0) is 13.8. The van der Waals surface area contributed by atoms with Crippen molar-refractivity contribution in [2.24, 2.45) is 0 Å². The highest BCUT2D eigenvalue weighted by Crippen LogP contribution is 2.14. The molecule has 4 heteroatoms. The Hall–Kier alpha value is -1.55. The molecule has 0 aliphatic carbocycles. The number of aromatic hydroxyl groups is 1. The van der Waals surface area contributed by atoms with Gasteiger partial charge in [-0.1, -0.05) is 19.1 Å². The van der Waals surface area contributed by atoms with Crippen LogP contribution < -0.4 is 0 Å². The summed E-state index contributed by atoms with van der Waals surface area (Å²) in [5.74, 6) is 0.364. The average Bonchev–Trinajstić information content (AvgIpc) is 2.38. The number of rotatable bonds is 3. The van der Waals surface area contributed by atoms with Gasteiger partial charge in [-0.15, -0.1) is 0 Å². The predicted molar refractivity (Wildman–Crippen MR) is 75.1 cm³/mol. The topological polar surface area (TPSA) is 43.8 Å². The molecule has 19 heavy (non-hydrogen) atoms. The summed E-state index contributed by atoms with van der Waals surface area (Å²) in [7, 11) is 0. The van der Waals surface area contributed by atoms with E-state index in [0.29, 0.717) is 12.5 Å². The van der Waals surface area contributed by atoms with Gasteiger partial charge in [-0.25, -0.2) is 0 Å². The van der Waals surface area contributed by atoms with E-state index in [1.54, 1.807) is 18.2 Å². The Morgan fingerprint density at radius 2 is 2.21 bits per heavy atom. The molecule has 0 spiro atoms. The Morgan fingerprint density at radius 1 is 1.42 bits per heavy atom. The molecular formula is C15H22N2O2. The van der Waals surface area contributed by atoms with Crippen LogP contribution in [0.3, 0.4) is 0 Å². The molecule has 0 aromatic heterocycles. The minimum absolute atomic E-state index is 0.146. The molecule has 1 aliphatic rings. The Balaban J connectivity index is 1.94. The fraction of sp³-hybridized carbons (Fsp3) is 0.533. The van der Waals surface area contributed by atoms with Crippen LogP contribution in [-0.4, -0.2) is 53.0 Å². The van der Waals surface area contributed by atoms with Crippen molar-refractivity contribution in [2.75, 3.05) is 26.2 Å². The van der Waals surface area contributed by atoms with Gasteiger partial charge in [0.25, 0.3) is 0 Å². The van der Waals surface area contributed by atoms with Crippen LogP contribution in [0.25, 0.3) is 0 Å². The molecule has 1 N–H and O–H groups in total. The standard InChI is InChI=1S/C15H22N2O2/c1-3-16-7-8-17(11-12(16)2)15(19)10-13-5-4-6-14(18)9-13/h4-6,9,12,18H,3,7-8,10-11H2,1-2H3. The third-order valence-electron chi connectivity index (χ3n) is 3.79. The Morgan fingerprint density at radius 3 is 2.84 bits per heavy atom. The third kappa shape index (κ3) is 3.47. The lowest BCUT2D eigenvalue weighted by Crippen LogP contribution is -2.53. The third-order valence-corrected chi connectivity index (χ3v) is 3.79. The minimum Gasteiger partial charge on any atom is -0.508 e. The molecule has 1 saturated heterocycles. The summed E-state index contributed by atoms with van der Waals surface area (Å²) in [5, 5.41) is 9.41. The molecule has 1 amide bonds. The van der Waals surface area contributed by atoms with E-state index >= 15 is 0 Å². The second-order valence-corrected chi connectivity index (χ2v) is 5.16. The van der Waals surface area contributed by atoms with Crippen molar-refractivity contribution in [3.63, 3.8) is 0 Å². The summed E-state index contributed by atoms with van der Waals surface area (Å²) < 4.78 is 0. The van der Waals surface area contributed by atoms with Crippen LogP contribution in [0.5, 0.6) is 5.75 Å². The van der Waals surface area contributed by atoms with Crippen LogP contribution in [0.4, 0.5) is 0 Å². The Bertz CT molecular complexity index is 448. The molecule has 1 aromatic rings. The van der Waals surface area contributed by atoms with E-state index in [1.165, 1.54) is 0 Å². The molecule has 4 nitrogen and oxygen atoms in total. The quantitative estimate of drug-likeness (QED) is 0.897. The normalized spacial score (nSPS) is 20.5. The van der Waals surface area contributed by atoms with Crippen molar-refractivity contribution >= 4 is 5.91 Å². The molecule has 2 rings (SSSR count). The van der Waals surface area contributed by atoms with Crippen LogP contribution in [0, 0.1) is 0 Å². The molecule has 1 unspecified atom stereocenters. The summed E-state index contributed by atoms with van der Waals surface area (Å²) in [4.78, 5) is 16.6. The lowest BCUT2D eigenvalue weighted by atomic mass is 10.1. The van der Waals surface area contributed by atoms with Crippen LogP contribution in [-0.2, 0) is 11.2 Å². The van der Waals surface area contributed by atoms with Crippen LogP contribution in [0.1, 0.15) is 19.4 Å². The minimum atomic E-state index is 0.146. The molecule has 104 valence electrons. The van der Waals surface area contributed by atoms with Gasteiger partial charge in [0, 0.05) is 25.7 Å². The predicted octanol–water partition coefficient (Wildman–Crippen LogP) is 1.49. The molecule has 1 aliphatic heterocycles. The van der Waals surface area contributed by atoms with E-state index in [1.807, 2.05) is 11.0 Å². The van der Waals surface area contributed by atoms with Crippen molar-refractivity contribution in [2.45, 2.75) is 26.3 Å². The summed E-state index contributed by atoms with van der Waals surface area (Å²) >= 11 is 0. The molecule has 0 radical (unpaired) electrons. The summed E-state index contributed by atoms with van der Waals surface area (Å²) in [6.45, 7) is 7.90. The van der Waals surface area contributed by atoms with E-state index in [4.69, 9.17) is 0 Å². The number of phenols is 1. The van der Waals surface area contributed by atoms with E-state index in [9.17, 15) is 9.90 Å². The second kappa shape index (κ2) is 6.06. The first-order chi connectivity index (χ1) is 9.10. The molecule has 1 heterocycles. The Kier molecular flexibility index (Phi) is 4.43. The highest BCUT2D eigenvalue weighted by molar-refractivity contribution is 5.79. The number of benzene rings is 1. The number of likely N-dealkylation sites (N-methyl/N-ethyl adjacent to an activating group) is 1. The number of hydrogen-bond donors (Lipinski definition) is 1. The molecule has 0 saturated carbocycles. The van der Waals surface area contributed by atoms with Gasteiger partial charge in [0.15, 0.2) is 0 Å². The lowest BCUT2D eigenvalue weighted by molar-refractivity contribution is -0.133. The van der Waals surface area contributed by atoms with Gasteiger partial charge in [0.05, 0.1) is 6.42 Å². The maximum Gasteiger partial charge on any atom is 0.227 e. The lowest BCUT2D eigenvalue weighted by Gasteiger charge is -2.39. The molecule has 1 aromatic carbocycles. The van der Waals surface area contributed by atoms with Gasteiger partial charge in [0.1, 0.15) is 5.75 Å². The summed E-state index contributed by atoms with van der Waals surface area (Å²) in [5.41, 5.74) is 0.871. The monoisotopic (exact) mass is 262 g/mol. The molecule has 0 bridgehead atoms. The smallest absolute Gasteiger partial charge is 0.227 e. The van der Waals surface area contributed by atoms with Crippen molar-refractivity contribution < 1.29 is 9.90 Å². The SMILES string of the molecule is CCN1CCN(C(=O)Cc2cccc(O)c2)CC1C. The maximum absolute atomic E-state index is 12.2. The van der Waals surface area contributed by atoms with Crippen LogP contribution in [0.15, 0.2) is 24.3 Å². The first-order valence-corrected chi connectivity index (χ1v) is 6.90. The van der Waals surface area contributed by atoms with Crippen molar-refractivity contribution in [1.82, 2.24) is 9.80 Å². The van der Waals surface area contributed by atoms with Gasteiger partial charge < -0.3 is 10.0 Å². The zero-order valence-corrected chi connectivity index (χ0v) is 11.7. The van der Waals surface area contributed by atoms with E-state index in [2.05, 4.69) is 18.7 Å². The van der Waals surface area contributed by atoms with Crippen LogP contribution >= 0.6 is 0 Å². The first kappa shape index (κ1) is 13.9. The van der Waals surface area contributed by atoms with Crippen molar-refractivity contribution in [1.29, 1.82) is 0 Å². The number of carbonyl (C=O) groups is 1. The fourth-order valence-electron chi connectivity index (χ4n) is 2.64. The number of phenolic OH excluding ortho intramolecular Hbond substituents is 1. The highest BCUT2D eigenvalue weighted by Gasteiger charge is 2.25. The number of nitrogens with zero attached hydrogens (tertiary/aromatic N) is 2. The van der Waals surface area contributed by atoms with Crippen molar-refractivity contribution in [3.8, 4) is 5.75 Å². The maximum atomic E-state index is 12.2. The summed E-state index contributed by atoms with van der Waals surface area (Å²) in [6.07, 6.45) is 0.368. The van der Waals surface area contributed by atoms with E-state index in [-0.39, 0.29) is 11.7 Å². The van der Waals surface area contributed by atoms with Gasteiger partial charge in [0.2, 0.25) is 5.91 Å². The molecule has 1 fully saturated rings. The van der Waals surface area contributed by atoms with Gasteiger partial charge in [-0.2, -0.15) is 0 Å². The second-order valence-electron chi connectivity index (χ2n) is 5.16. The fourth-order valence-corrected chi connectivity index (χ4v) is 2.64. The van der Waals surface area contributed by atoms with E-state index in [0.717, 1.165) is 31.7 Å². The molecule has 1 atom stereocenters. The molecular weight excluding hydrogens is 240 g/mol. The average molecular weight is 262 g/mol. The number of hydrogen-bond acceptors (Lipinski definition) is 3. The van der Waals surface area contributed by atoms with E-state index < -0.39 is 0 Å². The van der Waals surface area contributed by atoms with Gasteiger partial charge in [-0.05, 0) is 31.2 Å². The first-order valence-electron chi connectivity index (χ1n) is 6.90. The van der Waals surface area contributed by atoms with Gasteiger partial charge >= 0.3 is 0 Å². The largest absolute Gasteiger partial charge is 0.508 e. The highest BCUT2D eigenvalue weighted by atomic mass is 16.3.